The Labute approximate surface area is 167 Å². The van der Waals surface area contributed by atoms with Crippen molar-refractivity contribution in [2.75, 3.05) is 11.1 Å². The molecule has 0 saturated carbocycles. The van der Waals surface area contributed by atoms with E-state index in [2.05, 4.69) is 15.4 Å². The minimum absolute atomic E-state index is 0.0931. The summed E-state index contributed by atoms with van der Waals surface area (Å²) in [6.45, 7) is 0. The largest absolute Gasteiger partial charge is 0.325 e. The average Bonchev–Trinajstić information content (AvgIpc) is 3.23. The molecule has 0 radical (unpaired) electrons. The van der Waals surface area contributed by atoms with Crippen molar-refractivity contribution in [3.05, 3.63) is 91.3 Å². The van der Waals surface area contributed by atoms with E-state index in [9.17, 15) is 4.79 Å². The zero-order valence-corrected chi connectivity index (χ0v) is 15.8. The molecule has 1 amide bonds. The Bertz CT molecular complexity index is 1060. The molecular formula is C22H18N4OS. The molecule has 6 heteroatoms. The quantitative estimate of drug-likeness (QED) is 0.490. The van der Waals surface area contributed by atoms with Crippen molar-refractivity contribution in [1.29, 1.82) is 0 Å². The third kappa shape index (κ3) is 4.29. The highest BCUT2D eigenvalue weighted by molar-refractivity contribution is 7.99. The zero-order valence-electron chi connectivity index (χ0n) is 15.0. The monoisotopic (exact) mass is 386 g/mol. The van der Waals surface area contributed by atoms with Gasteiger partial charge >= 0.3 is 0 Å². The number of carbonyl (C=O) groups is 1. The van der Waals surface area contributed by atoms with Crippen LogP contribution in [0.4, 0.5) is 5.69 Å². The molecular weight excluding hydrogens is 368 g/mol. The molecule has 4 aromatic rings. The van der Waals surface area contributed by atoms with Crippen LogP contribution in [-0.2, 0) is 4.79 Å². The van der Waals surface area contributed by atoms with Crippen molar-refractivity contribution in [3.8, 4) is 16.8 Å². The number of rotatable bonds is 6. The Morgan fingerprint density at radius 1 is 0.893 bits per heavy atom. The third-order valence-corrected chi connectivity index (χ3v) is 4.96. The van der Waals surface area contributed by atoms with E-state index in [-0.39, 0.29) is 11.7 Å². The molecule has 3 aromatic carbocycles. The molecule has 0 bridgehead atoms. The van der Waals surface area contributed by atoms with Crippen LogP contribution >= 0.6 is 11.8 Å². The lowest BCUT2D eigenvalue weighted by Gasteiger charge is -2.10. The van der Waals surface area contributed by atoms with Crippen molar-refractivity contribution in [3.63, 3.8) is 0 Å². The van der Waals surface area contributed by atoms with Crippen LogP contribution in [0.2, 0.25) is 0 Å². The van der Waals surface area contributed by atoms with Crippen LogP contribution in [0.15, 0.2) is 96.4 Å². The molecule has 0 unspecified atom stereocenters. The van der Waals surface area contributed by atoms with Gasteiger partial charge < -0.3 is 5.32 Å². The number of para-hydroxylation sites is 2. The van der Waals surface area contributed by atoms with E-state index >= 15 is 0 Å². The highest BCUT2D eigenvalue weighted by atomic mass is 32.2. The molecule has 4 rings (SSSR count). The van der Waals surface area contributed by atoms with Crippen LogP contribution < -0.4 is 5.32 Å². The van der Waals surface area contributed by atoms with E-state index in [4.69, 9.17) is 0 Å². The maximum Gasteiger partial charge on any atom is 0.234 e. The average molecular weight is 386 g/mol. The lowest BCUT2D eigenvalue weighted by Crippen LogP contribution is -2.14. The molecule has 0 spiro atoms. The summed E-state index contributed by atoms with van der Waals surface area (Å²) in [6, 6.07) is 27.5. The summed E-state index contributed by atoms with van der Waals surface area (Å²) in [5.74, 6) is 0.145. The minimum atomic E-state index is -0.0931. The van der Waals surface area contributed by atoms with Gasteiger partial charge in [0.2, 0.25) is 11.1 Å². The van der Waals surface area contributed by atoms with E-state index in [1.165, 1.54) is 11.8 Å². The van der Waals surface area contributed by atoms with E-state index in [0.717, 1.165) is 22.5 Å². The number of anilines is 1. The molecule has 1 N–H and O–H groups in total. The van der Waals surface area contributed by atoms with Gasteiger partial charge in [0.15, 0.2) is 0 Å². The fourth-order valence-electron chi connectivity index (χ4n) is 2.80. The summed E-state index contributed by atoms with van der Waals surface area (Å²) in [7, 11) is 0. The topological polar surface area (TPSA) is 59.8 Å². The van der Waals surface area contributed by atoms with E-state index in [1.54, 1.807) is 11.0 Å². The van der Waals surface area contributed by atoms with Crippen LogP contribution in [-0.4, -0.2) is 26.4 Å². The van der Waals surface area contributed by atoms with Gasteiger partial charge in [0, 0.05) is 11.3 Å². The Hall–Kier alpha value is -3.38. The summed E-state index contributed by atoms with van der Waals surface area (Å²) in [5.41, 5.74) is 3.78. The zero-order chi connectivity index (χ0) is 19.2. The lowest BCUT2D eigenvalue weighted by atomic mass is 10.0. The first-order valence-electron chi connectivity index (χ1n) is 8.84. The van der Waals surface area contributed by atoms with Gasteiger partial charge in [-0.25, -0.2) is 9.67 Å². The number of nitrogens with one attached hydrogen (secondary N) is 1. The van der Waals surface area contributed by atoms with Crippen LogP contribution in [0.5, 0.6) is 0 Å². The number of hydrogen-bond acceptors (Lipinski definition) is 4. The van der Waals surface area contributed by atoms with Crippen molar-refractivity contribution in [1.82, 2.24) is 14.8 Å². The Balaban J connectivity index is 1.40. The fourth-order valence-corrected chi connectivity index (χ4v) is 3.40. The SMILES string of the molecule is O=C(CSc1ncn(-c2ccccc2)n1)Nc1ccccc1-c1ccccc1. The second-order valence-corrected chi connectivity index (χ2v) is 7.00. The molecule has 5 nitrogen and oxygen atoms in total. The molecule has 1 heterocycles. The van der Waals surface area contributed by atoms with Crippen LogP contribution in [0.25, 0.3) is 16.8 Å². The van der Waals surface area contributed by atoms with Crippen LogP contribution in [0.1, 0.15) is 0 Å². The fraction of sp³-hybridized carbons (Fsp3) is 0.0455. The van der Waals surface area contributed by atoms with Gasteiger partial charge in [-0.1, -0.05) is 78.5 Å². The Morgan fingerprint density at radius 3 is 2.36 bits per heavy atom. The van der Waals surface area contributed by atoms with Gasteiger partial charge in [-0.15, -0.1) is 5.10 Å². The number of benzene rings is 3. The molecule has 28 heavy (non-hydrogen) atoms. The van der Waals surface area contributed by atoms with Gasteiger partial charge in [0.25, 0.3) is 0 Å². The number of hydrogen-bond donors (Lipinski definition) is 1. The van der Waals surface area contributed by atoms with Gasteiger partial charge in [-0.3, -0.25) is 4.79 Å². The summed E-state index contributed by atoms with van der Waals surface area (Å²) >= 11 is 1.31. The highest BCUT2D eigenvalue weighted by Crippen LogP contribution is 2.27. The summed E-state index contributed by atoms with van der Waals surface area (Å²) < 4.78 is 1.70. The number of thioether (sulfide) groups is 1. The highest BCUT2D eigenvalue weighted by Gasteiger charge is 2.10. The summed E-state index contributed by atoms with van der Waals surface area (Å²) in [4.78, 5) is 16.7. The summed E-state index contributed by atoms with van der Waals surface area (Å²) in [6.07, 6.45) is 1.65. The van der Waals surface area contributed by atoms with Gasteiger partial charge in [-0.2, -0.15) is 0 Å². The van der Waals surface area contributed by atoms with Crippen LogP contribution in [0, 0.1) is 0 Å². The van der Waals surface area contributed by atoms with Crippen LogP contribution in [0.3, 0.4) is 0 Å². The molecule has 0 saturated heterocycles. The number of aromatic nitrogens is 3. The minimum Gasteiger partial charge on any atom is -0.325 e. The number of nitrogens with zero attached hydrogens (tertiary/aromatic N) is 3. The maximum absolute atomic E-state index is 12.5. The molecule has 0 aliphatic heterocycles. The van der Waals surface area contributed by atoms with Crippen molar-refractivity contribution in [2.45, 2.75) is 5.16 Å². The second kappa shape index (κ2) is 8.54. The van der Waals surface area contributed by atoms with Crippen molar-refractivity contribution < 1.29 is 4.79 Å². The molecule has 0 atom stereocenters. The number of amides is 1. The predicted octanol–water partition coefficient (Wildman–Crippen LogP) is 4.67. The lowest BCUT2D eigenvalue weighted by molar-refractivity contribution is -0.113. The Morgan fingerprint density at radius 2 is 1.57 bits per heavy atom. The van der Waals surface area contributed by atoms with Gasteiger partial charge in [0.05, 0.1) is 11.4 Å². The Kier molecular flexibility index (Phi) is 5.49. The smallest absolute Gasteiger partial charge is 0.234 e. The molecule has 0 aliphatic rings. The third-order valence-electron chi connectivity index (χ3n) is 4.11. The number of carbonyl (C=O) groups excluding carboxylic acids is 1. The first-order chi connectivity index (χ1) is 13.8. The van der Waals surface area contributed by atoms with Gasteiger partial charge in [0.1, 0.15) is 6.33 Å². The standard InChI is InChI=1S/C22H18N4OS/c27-21(15-28-22-23-16-26(25-22)18-11-5-2-6-12-18)24-20-14-8-7-13-19(20)17-9-3-1-4-10-17/h1-14,16H,15H2,(H,24,27). The van der Waals surface area contributed by atoms with Crippen molar-refractivity contribution in [2.24, 2.45) is 0 Å². The van der Waals surface area contributed by atoms with E-state index in [0.29, 0.717) is 5.16 Å². The first kappa shape index (κ1) is 18.0. The summed E-state index contributed by atoms with van der Waals surface area (Å²) in [5, 5.41) is 7.97. The maximum atomic E-state index is 12.5. The first-order valence-corrected chi connectivity index (χ1v) is 9.82. The molecule has 0 aliphatic carbocycles. The van der Waals surface area contributed by atoms with Crippen molar-refractivity contribution >= 4 is 23.4 Å². The predicted molar refractivity (Wildman–Crippen MR) is 113 cm³/mol. The molecule has 138 valence electrons. The van der Waals surface area contributed by atoms with E-state index in [1.807, 2.05) is 84.9 Å². The normalized spacial score (nSPS) is 10.6. The van der Waals surface area contributed by atoms with Gasteiger partial charge in [-0.05, 0) is 23.8 Å². The van der Waals surface area contributed by atoms with E-state index < -0.39 is 0 Å². The molecule has 0 fully saturated rings. The second-order valence-electron chi connectivity index (χ2n) is 6.06. The molecule has 1 aromatic heterocycles.